The van der Waals surface area contributed by atoms with Gasteiger partial charge in [-0.1, -0.05) is 0 Å². The molecule has 0 N–H and O–H groups in total. The molecule has 108 valence electrons. The highest BCUT2D eigenvalue weighted by atomic mass is 19.4. The van der Waals surface area contributed by atoms with Crippen molar-refractivity contribution in [1.29, 1.82) is 5.26 Å². The molecule has 1 aromatic heterocycles. The van der Waals surface area contributed by atoms with E-state index in [0.717, 1.165) is 6.07 Å². The first-order valence-electron chi connectivity index (χ1n) is 6.22. The van der Waals surface area contributed by atoms with Crippen LogP contribution in [-0.4, -0.2) is 31.3 Å². The molecule has 1 saturated heterocycles. The molecule has 0 aliphatic carbocycles. The van der Waals surface area contributed by atoms with E-state index in [1.54, 1.807) is 11.9 Å². The molecule has 1 fully saturated rings. The van der Waals surface area contributed by atoms with Crippen LogP contribution in [0.4, 0.5) is 19.0 Å². The van der Waals surface area contributed by atoms with E-state index in [2.05, 4.69) is 4.98 Å². The fourth-order valence-corrected chi connectivity index (χ4v) is 2.21. The van der Waals surface area contributed by atoms with Gasteiger partial charge < -0.3 is 9.64 Å². The molecule has 0 saturated carbocycles. The van der Waals surface area contributed by atoms with Crippen molar-refractivity contribution in [2.24, 2.45) is 0 Å². The Kier molecular flexibility index (Phi) is 4.14. The topological polar surface area (TPSA) is 49.2 Å². The lowest BCUT2D eigenvalue weighted by atomic mass is 10.1. The van der Waals surface area contributed by atoms with E-state index in [9.17, 15) is 13.2 Å². The van der Waals surface area contributed by atoms with Crippen molar-refractivity contribution in [3.63, 3.8) is 0 Å². The number of pyridine rings is 1. The SMILES string of the molecule is CN(c1nc(C(F)(F)F)ccc1C#N)C1CCOCC1. The lowest BCUT2D eigenvalue weighted by Crippen LogP contribution is -2.37. The van der Waals surface area contributed by atoms with Crippen LogP contribution in [-0.2, 0) is 10.9 Å². The molecule has 1 aromatic rings. The third-order valence-electron chi connectivity index (χ3n) is 3.36. The van der Waals surface area contributed by atoms with E-state index in [4.69, 9.17) is 10.00 Å². The summed E-state index contributed by atoms with van der Waals surface area (Å²) in [5, 5.41) is 9.04. The molecule has 0 aromatic carbocycles. The summed E-state index contributed by atoms with van der Waals surface area (Å²) in [4.78, 5) is 5.28. The number of halogens is 3. The van der Waals surface area contributed by atoms with Crippen molar-refractivity contribution >= 4 is 5.82 Å². The van der Waals surface area contributed by atoms with Crippen LogP contribution in [0.1, 0.15) is 24.1 Å². The number of nitrogens with zero attached hydrogens (tertiary/aromatic N) is 3. The van der Waals surface area contributed by atoms with Gasteiger partial charge in [-0.05, 0) is 25.0 Å². The van der Waals surface area contributed by atoms with Gasteiger partial charge in [-0.25, -0.2) is 4.98 Å². The monoisotopic (exact) mass is 285 g/mol. The molecule has 0 bridgehead atoms. The normalized spacial score (nSPS) is 16.8. The van der Waals surface area contributed by atoms with Crippen molar-refractivity contribution < 1.29 is 17.9 Å². The van der Waals surface area contributed by atoms with E-state index in [-0.39, 0.29) is 17.4 Å². The zero-order chi connectivity index (χ0) is 14.8. The fourth-order valence-electron chi connectivity index (χ4n) is 2.21. The zero-order valence-corrected chi connectivity index (χ0v) is 10.9. The van der Waals surface area contributed by atoms with Gasteiger partial charge in [-0.2, -0.15) is 18.4 Å². The molecule has 2 heterocycles. The fraction of sp³-hybridized carbons (Fsp3) is 0.538. The summed E-state index contributed by atoms with van der Waals surface area (Å²) >= 11 is 0. The molecule has 0 unspecified atom stereocenters. The maximum Gasteiger partial charge on any atom is 0.433 e. The molecule has 7 heteroatoms. The summed E-state index contributed by atoms with van der Waals surface area (Å²) in [5.41, 5.74) is -0.836. The average Bonchev–Trinajstić information content (AvgIpc) is 2.45. The van der Waals surface area contributed by atoms with Crippen LogP contribution in [0, 0.1) is 11.3 Å². The van der Waals surface area contributed by atoms with Crippen LogP contribution in [0.5, 0.6) is 0 Å². The van der Waals surface area contributed by atoms with Crippen LogP contribution in [0.3, 0.4) is 0 Å². The number of anilines is 1. The van der Waals surface area contributed by atoms with E-state index in [1.165, 1.54) is 6.07 Å². The van der Waals surface area contributed by atoms with Crippen molar-refractivity contribution in [1.82, 2.24) is 4.98 Å². The maximum atomic E-state index is 12.7. The molecule has 0 radical (unpaired) electrons. The van der Waals surface area contributed by atoms with E-state index in [1.807, 2.05) is 6.07 Å². The van der Waals surface area contributed by atoms with Gasteiger partial charge in [0.05, 0.1) is 5.56 Å². The van der Waals surface area contributed by atoms with Crippen LogP contribution < -0.4 is 4.90 Å². The summed E-state index contributed by atoms with van der Waals surface area (Å²) in [5.74, 6) is 0.0780. The van der Waals surface area contributed by atoms with Gasteiger partial charge in [-0.3, -0.25) is 0 Å². The summed E-state index contributed by atoms with van der Waals surface area (Å²) in [6, 6.07) is 3.93. The first kappa shape index (κ1) is 14.6. The first-order chi connectivity index (χ1) is 9.43. The predicted octanol–water partition coefficient (Wildman–Crippen LogP) is 2.59. The van der Waals surface area contributed by atoms with E-state index < -0.39 is 11.9 Å². The highest BCUT2D eigenvalue weighted by Crippen LogP contribution is 2.31. The molecule has 0 spiro atoms. The molecule has 1 aliphatic rings. The summed E-state index contributed by atoms with van der Waals surface area (Å²) in [6.07, 6.45) is -3.10. The lowest BCUT2D eigenvalue weighted by Gasteiger charge is -2.32. The molecular weight excluding hydrogens is 271 g/mol. The minimum absolute atomic E-state index is 0.0341. The second-order valence-electron chi connectivity index (χ2n) is 4.63. The minimum Gasteiger partial charge on any atom is -0.381 e. The summed E-state index contributed by atoms with van der Waals surface area (Å²) < 4.78 is 43.4. The van der Waals surface area contributed by atoms with Crippen molar-refractivity contribution in [2.75, 3.05) is 25.2 Å². The second kappa shape index (κ2) is 5.67. The number of nitriles is 1. The Bertz CT molecular complexity index is 519. The van der Waals surface area contributed by atoms with Crippen LogP contribution in [0.2, 0.25) is 0 Å². The molecule has 1 aliphatic heterocycles. The van der Waals surface area contributed by atoms with Crippen LogP contribution in [0.15, 0.2) is 12.1 Å². The van der Waals surface area contributed by atoms with Gasteiger partial charge in [0.2, 0.25) is 0 Å². The molecule has 2 rings (SSSR count). The Hall–Kier alpha value is -1.81. The average molecular weight is 285 g/mol. The van der Waals surface area contributed by atoms with Crippen LogP contribution >= 0.6 is 0 Å². The van der Waals surface area contributed by atoms with E-state index in [0.29, 0.717) is 26.1 Å². The quantitative estimate of drug-likeness (QED) is 0.838. The Morgan fingerprint density at radius 2 is 2.00 bits per heavy atom. The number of aromatic nitrogens is 1. The smallest absolute Gasteiger partial charge is 0.381 e. The zero-order valence-electron chi connectivity index (χ0n) is 10.9. The van der Waals surface area contributed by atoms with Crippen molar-refractivity contribution in [3.8, 4) is 6.07 Å². The summed E-state index contributed by atoms with van der Waals surface area (Å²) in [7, 11) is 1.67. The number of hydrogen-bond donors (Lipinski definition) is 0. The van der Waals surface area contributed by atoms with Gasteiger partial charge in [0, 0.05) is 26.3 Å². The third kappa shape index (κ3) is 3.02. The highest BCUT2D eigenvalue weighted by molar-refractivity contribution is 5.54. The summed E-state index contributed by atoms with van der Waals surface area (Å²) in [6.45, 7) is 1.13. The van der Waals surface area contributed by atoms with Crippen molar-refractivity contribution in [2.45, 2.75) is 25.1 Å². The Balaban J connectivity index is 2.35. The van der Waals surface area contributed by atoms with Gasteiger partial charge in [0.15, 0.2) is 0 Å². The number of ether oxygens (including phenoxy) is 1. The lowest BCUT2D eigenvalue weighted by molar-refractivity contribution is -0.141. The molecule has 0 atom stereocenters. The standard InChI is InChI=1S/C13H14F3N3O/c1-19(10-4-6-20-7-5-10)12-9(8-17)2-3-11(18-12)13(14,15)16/h2-3,10H,4-7H2,1H3. The van der Waals surface area contributed by atoms with Gasteiger partial charge in [0.1, 0.15) is 17.6 Å². The second-order valence-corrected chi connectivity index (χ2v) is 4.63. The van der Waals surface area contributed by atoms with Crippen LogP contribution in [0.25, 0.3) is 0 Å². The van der Waals surface area contributed by atoms with E-state index >= 15 is 0 Å². The molecular formula is C13H14F3N3O. The highest BCUT2D eigenvalue weighted by Gasteiger charge is 2.34. The number of alkyl halides is 3. The Morgan fingerprint density at radius 3 is 2.55 bits per heavy atom. The number of hydrogen-bond acceptors (Lipinski definition) is 4. The minimum atomic E-state index is -4.51. The molecule has 4 nitrogen and oxygen atoms in total. The molecule has 20 heavy (non-hydrogen) atoms. The Morgan fingerprint density at radius 1 is 1.35 bits per heavy atom. The molecule has 0 amide bonds. The van der Waals surface area contributed by atoms with Gasteiger partial charge in [-0.15, -0.1) is 0 Å². The van der Waals surface area contributed by atoms with Gasteiger partial charge >= 0.3 is 6.18 Å². The largest absolute Gasteiger partial charge is 0.433 e. The van der Waals surface area contributed by atoms with Crippen molar-refractivity contribution in [3.05, 3.63) is 23.4 Å². The number of rotatable bonds is 2. The maximum absolute atomic E-state index is 12.7. The first-order valence-corrected chi connectivity index (χ1v) is 6.22. The predicted molar refractivity (Wildman–Crippen MR) is 66.2 cm³/mol. The third-order valence-corrected chi connectivity index (χ3v) is 3.36. The Labute approximate surface area is 114 Å². The van der Waals surface area contributed by atoms with Gasteiger partial charge in [0.25, 0.3) is 0 Å².